The fourth-order valence-corrected chi connectivity index (χ4v) is 21.7. The SMILES string of the molecule is Cl.Cl.[CH2]=[Zr]([C]1=CC=CC1)([c]1ccccc1)([c]1ccc(C)cc1)[c]1cccc2c1Cc1ccccc1-2. The van der Waals surface area contributed by atoms with Crippen molar-refractivity contribution in [3.05, 3.63) is 135 Å². The number of benzene rings is 4. The van der Waals surface area contributed by atoms with Crippen LogP contribution in [0.15, 0.2) is 119 Å². The van der Waals surface area contributed by atoms with Crippen molar-refractivity contribution >= 4 is 38.8 Å². The number of hydrogen-bond acceptors (Lipinski definition) is 0. The fourth-order valence-electron chi connectivity index (χ4n) is 6.28. The second kappa shape index (κ2) is 9.63. The molecule has 0 unspecified atom stereocenters. The summed E-state index contributed by atoms with van der Waals surface area (Å²) in [5.74, 6) is 0. The Balaban J connectivity index is 0.00000144. The predicted octanol–water partition coefficient (Wildman–Crippen LogP) is 6.65. The third kappa shape index (κ3) is 3.63. The van der Waals surface area contributed by atoms with Crippen molar-refractivity contribution in [3.63, 3.8) is 0 Å². The summed E-state index contributed by atoms with van der Waals surface area (Å²) >= 11 is -4.46. The van der Waals surface area contributed by atoms with Crippen molar-refractivity contribution in [1.82, 2.24) is 0 Å². The molecule has 0 nitrogen and oxygen atoms in total. The zero-order chi connectivity index (χ0) is 22.5. The predicted molar refractivity (Wildman–Crippen MR) is 155 cm³/mol. The number of halogens is 2. The monoisotopic (exact) mass is 574 g/mol. The normalized spacial score (nSPS) is 13.8. The molecule has 0 heterocycles. The standard InChI is InChI=1S/C13H9.C7H7.C6H5.C5H5.CH2.2ClH.Zr/c1-3-7-12-10(5-1)9-11-6-2-4-8-13(11)12;1-7-5-3-2-4-6-7;1-2-4-6-5-3-1;1-2-4-5-3-1;;;;/h1-5,7-8H,9H2;3-6H,1H3;1-5H;1-3H,4H2;1H2;2*1H;. The molecule has 0 fully saturated rings. The summed E-state index contributed by atoms with van der Waals surface area (Å²) in [6.45, 7) is 2.17. The molecule has 0 amide bonds. The molecule has 6 rings (SSSR count). The zero-order valence-corrected chi connectivity index (χ0v) is 24.0. The van der Waals surface area contributed by atoms with Gasteiger partial charge in [0.05, 0.1) is 0 Å². The Morgan fingerprint density at radius 2 is 1.34 bits per heavy atom. The summed E-state index contributed by atoms with van der Waals surface area (Å²) in [5, 5.41) is 0. The fraction of sp³-hybridized carbons (Fsp3) is 0.0938. The number of aryl methyl sites for hydroxylation is 1. The molecular formula is C32H30Cl2Zr. The second-order valence-corrected chi connectivity index (χ2v) is 22.6. The Morgan fingerprint density at radius 1 is 0.686 bits per heavy atom. The summed E-state index contributed by atoms with van der Waals surface area (Å²) in [6.07, 6.45) is 8.90. The average molecular weight is 577 g/mol. The Bertz CT molecular complexity index is 1510. The molecule has 2 aliphatic carbocycles. The molecule has 0 radical (unpaired) electrons. The van der Waals surface area contributed by atoms with Crippen molar-refractivity contribution in [2.24, 2.45) is 0 Å². The van der Waals surface area contributed by atoms with E-state index in [0.717, 1.165) is 12.8 Å². The van der Waals surface area contributed by atoms with E-state index >= 15 is 0 Å². The van der Waals surface area contributed by atoms with E-state index in [-0.39, 0.29) is 24.8 Å². The van der Waals surface area contributed by atoms with Gasteiger partial charge >= 0.3 is 198 Å². The average Bonchev–Trinajstić information content (AvgIpc) is 3.53. The molecule has 2 aliphatic rings. The first kappa shape index (κ1) is 25.8. The molecule has 0 spiro atoms. The molecule has 0 N–H and O–H groups in total. The van der Waals surface area contributed by atoms with Gasteiger partial charge in [0.15, 0.2) is 0 Å². The molecule has 0 aromatic heterocycles. The van der Waals surface area contributed by atoms with Crippen LogP contribution in [0.2, 0.25) is 0 Å². The molecule has 4 aromatic carbocycles. The van der Waals surface area contributed by atoms with Crippen LogP contribution in [0, 0.1) is 6.92 Å². The number of hydrogen-bond donors (Lipinski definition) is 0. The van der Waals surface area contributed by atoms with Crippen LogP contribution in [0.4, 0.5) is 0 Å². The van der Waals surface area contributed by atoms with Crippen molar-refractivity contribution < 1.29 is 18.3 Å². The summed E-state index contributed by atoms with van der Waals surface area (Å²) in [6, 6.07) is 36.4. The number of rotatable bonds is 4. The first-order valence-corrected chi connectivity index (χ1v) is 18.5. The molecule has 0 saturated carbocycles. The van der Waals surface area contributed by atoms with E-state index in [9.17, 15) is 0 Å². The molecule has 4 aromatic rings. The van der Waals surface area contributed by atoms with Gasteiger partial charge in [0.25, 0.3) is 0 Å². The maximum absolute atomic E-state index is 5.47. The van der Waals surface area contributed by atoms with Crippen LogP contribution >= 0.6 is 24.8 Å². The van der Waals surface area contributed by atoms with Crippen molar-refractivity contribution in [1.29, 1.82) is 0 Å². The minimum absolute atomic E-state index is 0. The van der Waals surface area contributed by atoms with E-state index in [1.807, 2.05) is 0 Å². The van der Waals surface area contributed by atoms with E-state index in [1.165, 1.54) is 40.9 Å². The molecular weight excluding hydrogens is 546 g/mol. The van der Waals surface area contributed by atoms with Gasteiger partial charge in [-0.15, -0.1) is 24.8 Å². The van der Waals surface area contributed by atoms with Gasteiger partial charge in [0.1, 0.15) is 0 Å². The molecule has 35 heavy (non-hydrogen) atoms. The van der Waals surface area contributed by atoms with Gasteiger partial charge in [-0.2, -0.15) is 0 Å². The van der Waals surface area contributed by atoms with E-state index < -0.39 is 18.3 Å². The Kier molecular flexibility index (Phi) is 7.09. The van der Waals surface area contributed by atoms with E-state index in [2.05, 4.69) is 122 Å². The number of fused-ring (bicyclic) bond motifs is 3. The minimum atomic E-state index is -4.46. The van der Waals surface area contributed by atoms with Crippen LogP contribution in [0.3, 0.4) is 0 Å². The molecule has 0 atom stereocenters. The molecule has 0 saturated heterocycles. The van der Waals surface area contributed by atoms with Crippen molar-refractivity contribution in [2.45, 2.75) is 19.8 Å². The van der Waals surface area contributed by atoms with Crippen LogP contribution in [-0.4, -0.2) is 4.21 Å². The van der Waals surface area contributed by atoms with Gasteiger partial charge in [0.2, 0.25) is 0 Å². The van der Waals surface area contributed by atoms with Crippen molar-refractivity contribution in [2.75, 3.05) is 0 Å². The Labute approximate surface area is 221 Å². The topological polar surface area (TPSA) is 0 Å². The number of allylic oxidation sites excluding steroid dienone is 4. The summed E-state index contributed by atoms with van der Waals surface area (Å²) < 4.78 is 11.3. The third-order valence-electron chi connectivity index (χ3n) is 8.02. The van der Waals surface area contributed by atoms with E-state index in [4.69, 9.17) is 4.21 Å². The van der Waals surface area contributed by atoms with Gasteiger partial charge in [-0.1, -0.05) is 0 Å². The molecule has 3 heteroatoms. The van der Waals surface area contributed by atoms with Gasteiger partial charge in [0, 0.05) is 0 Å². The van der Waals surface area contributed by atoms with Gasteiger partial charge in [-0.3, -0.25) is 0 Å². The quantitative estimate of drug-likeness (QED) is 0.225. The van der Waals surface area contributed by atoms with Crippen LogP contribution in [0.1, 0.15) is 23.1 Å². The van der Waals surface area contributed by atoms with Gasteiger partial charge in [-0.25, -0.2) is 0 Å². The first-order valence-electron chi connectivity index (χ1n) is 11.8. The summed E-state index contributed by atoms with van der Waals surface area (Å²) in [5.41, 5.74) is 6.98. The van der Waals surface area contributed by atoms with Gasteiger partial charge in [-0.05, 0) is 0 Å². The first-order chi connectivity index (χ1) is 16.1. The summed E-state index contributed by atoms with van der Waals surface area (Å²) in [4.78, 5) is 0. The van der Waals surface area contributed by atoms with E-state index in [0.29, 0.717) is 0 Å². The maximum atomic E-state index is 5.47. The third-order valence-corrected chi connectivity index (χ3v) is 24.4. The Hall–Kier alpha value is -2.31. The van der Waals surface area contributed by atoms with Crippen LogP contribution in [0.25, 0.3) is 11.1 Å². The van der Waals surface area contributed by atoms with Crippen LogP contribution in [0.5, 0.6) is 0 Å². The van der Waals surface area contributed by atoms with Gasteiger partial charge < -0.3 is 0 Å². The summed E-state index contributed by atoms with van der Waals surface area (Å²) in [7, 11) is 0. The zero-order valence-electron chi connectivity index (χ0n) is 19.9. The van der Waals surface area contributed by atoms with E-state index in [1.54, 1.807) is 0 Å². The molecule has 176 valence electrons. The van der Waals surface area contributed by atoms with Crippen molar-refractivity contribution in [3.8, 4) is 11.1 Å². The van der Waals surface area contributed by atoms with Crippen LogP contribution in [-0.2, 0) is 24.7 Å². The van der Waals surface area contributed by atoms with Crippen LogP contribution < -0.4 is 9.81 Å². The second-order valence-electron chi connectivity index (χ2n) is 9.68. The molecule has 0 bridgehead atoms. The molecule has 0 aliphatic heterocycles. The Morgan fingerprint density at radius 3 is 2.06 bits per heavy atom.